The van der Waals surface area contributed by atoms with Crippen LogP contribution in [0.15, 0.2) is 42.6 Å². The van der Waals surface area contributed by atoms with Gasteiger partial charge in [-0.25, -0.2) is 9.97 Å². The Hall–Kier alpha value is -3.90. The number of nitrogen functional groups attached to an aromatic ring is 1. The number of nitrogens with zero attached hydrogens (tertiary/aromatic N) is 7. The number of para-hydroxylation sites is 1. The van der Waals surface area contributed by atoms with Crippen LogP contribution >= 0.6 is 0 Å². The van der Waals surface area contributed by atoms with Crippen LogP contribution < -0.4 is 15.5 Å². The number of fused-ring (bicyclic) bond motifs is 3. The number of hydrogen-bond donors (Lipinski definition) is 2. The molecule has 0 amide bonds. The molecular formula is C28H30N8O. The van der Waals surface area contributed by atoms with Crippen molar-refractivity contribution in [2.75, 3.05) is 41.7 Å². The Bertz CT molecular complexity index is 1380. The Morgan fingerprint density at radius 2 is 1.81 bits per heavy atom. The van der Waals surface area contributed by atoms with Gasteiger partial charge in [0.1, 0.15) is 11.6 Å². The summed E-state index contributed by atoms with van der Waals surface area (Å²) in [6.45, 7) is 3.68. The molecule has 6 heterocycles. The summed E-state index contributed by atoms with van der Waals surface area (Å²) in [4.78, 5) is 16.4. The molecule has 1 aliphatic carbocycles. The van der Waals surface area contributed by atoms with Gasteiger partial charge in [-0.1, -0.05) is 18.1 Å². The zero-order valence-corrected chi connectivity index (χ0v) is 20.7. The molecule has 4 aliphatic heterocycles. The summed E-state index contributed by atoms with van der Waals surface area (Å²) < 4.78 is 0. The molecule has 3 N–H and O–H groups in total. The van der Waals surface area contributed by atoms with E-state index in [1.54, 1.807) is 12.1 Å². The second kappa shape index (κ2) is 8.89. The van der Waals surface area contributed by atoms with E-state index in [0.29, 0.717) is 22.9 Å². The highest BCUT2D eigenvalue weighted by molar-refractivity contribution is 5.75. The minimum Gasteiger partial charge on any atom is -0.507 e. The minimum absolute atomic E-state index is 0.181. The van der Waals surface area contributed by atoms with Crippen LogP contribution in [-0.4, -0.2) is 74.5 Å². The van der Waals surface area contributed by atoms with Crippen molar-refractivity contribution >= 4 is 17.3 Å². The predicted octanol–water partition coefficient (Wildman–Crippen LogP) is 2.52. The molecule has 3 aromatic rings. The van der Waals surface area contributed by atoms with E-state index < -0.39 is 0 Å². The summed E-state index contributed by atoms with van der Waals surface area (Å²) in [5.74, 6) is 9.50. The van der Waals surface area contributed by atoms with Crippen LogP contribution in [0.5, 0.6) is 5.75 Å². The molecule has 5 aliphatic rings. The van der Waals surface area contributed by atoms with Crippen molar-refractivity contribution in [1.29, 1.82) is 0 Å². The molecule has 0 radical (unpaired) electrons. The van der Waals surface area contributed by atoms with Gasteiger partial charge in [-0.3, -0.25) is 4.90 Å². The summed E-state index contributed by atoms with van der Waals surface area (Å²) in [7, 11) is 0. The maximum absolute atomic E-state index is 10.3. The zero-order valence-electron chi connectivity index (χ0n) is 20.7. The van der Waals surface area contributed by atoms with Crippen LogP contribution in [0.2, 0.25) is 0 Å². The predicted molar refractivity (Wildman–Crippen MR) is 142 cm³/mol. The number of nitrogens with two attached hydrogens (primary N) is 1. The highest BCUT2D eigenvalue weighted by Gasteiger charge is 2.42. The molecule has 4 bridgehead atoms. The van der Waals surface area contributed by atoms with E-state index >= 15 is 0 Å². The molecule has 8 rings (SSSR count). The molecule has 0 spiro atoms. The monoisotopic (exact) mass is 494 g/mol. The van der Waals surface area contributed by atoms with Gasteiger partial charge in [-0.05, 0) is 61.8 Å². The van der Waals surface area contributed by atoms with Crippen molar-refractivity contribution in [3.63, 3.8) is 0 Å². The Morgan fingerprint density at radius 1 is 1.00 bits per heavy atom. The Morgan fingerprint density at radius 3 is 2.57 bits per heavy atom. The van der Waals surface area contributed by atoms with Gasteiger partial charge in [0.25, 0.3) is 0 Å². The quantitative estimate of drug-likeness (QED) is 0.529. The number of rotatable bonds is 4. The van der Waals surface area contributed by atoms with Gasteiger partial charge in [0.2, 0.25) is 5.82 Å². The molecule has 188 valence electrons. The maximum Gasteiger partial charge on any atom is 0.206 e. The van der Waals surface area contributed by atoms with E-state index in [2.05, 4.69) is 41.7 Å². The van der Waals surface area contributed by atoms with Gasteiger partial charge in [0.15, 0.2) is 5.82 Å². The Labute approximate surface area is 216 Å². The van der Waals surface area contributed by atoms with E-state index in [1.165, 1.54) is 19.4 Å². The lowest BCUT2D eigenvalue weighted by Gasteiger charge is -2.43. The smallest absolute Gasteiger partial charge is 0.206 e. The minimum atomic E-state index is 0.181. The topological polar surface area (TPSA) is 108 Å². The van der Waals surface area contributed by atoms with Crippen molar-refractivity contribution < 1.29 is 5.11 Å². The first-order valence-corrected chi connectivity index (χ1v) is 13.1. The van der Waals surface area contributed by atoms with Gasteiger partial charge < -0.3 is 20.6 Å². The van der Waals surface area contributed by atoms with E-state index in [4.69, 9.17) is 10.7 Å². The molecular weight excluding hydrogens is 464 g/mol. The fourth-order valence-corrected chi connectivity index (χ4v) is 6.53. The number of piperazine rings is 1. The normalized spacial score (nSPS) is 26.1. The lowest BCUT2D eigenvalue weighted by atomic mass is 9.86. The van der Waals surface area contributed by atoms with Crippen LogP contribution in [0.1, 0.15) is 31.5 Å². The molecule has 1 aromatic carbocycles. The van der Waals surface area contributed by atoms with Gasteiger partial charge in [0, 0.05) is 49.5 Å². The van der Waals surface area contributed by atoms with E-state index in [1.807, 2.05) is 30.5 Å². The molecule has 9 nitrogen and oxygen atoms in total. The second-order valence-electron chi connectivity index (χ2n) is 10.7. The second-order valence-corrected chi connectivity index (χ2v) is 10.7. The van der Waals surface area contributed by atoms with E-state index in [0.717, 1.165) is 55.9 Å². The molecule has 0 unspecified atom stereocenters. The number of phenolic OH excluding ortho intramolecular Hbond substituents is 1. The van der Waals surface area contributed by atoms with Crippen molar-refractivity contribution in [3.8, 4) is 28.8 Å². The molecule has 5 fully saturated rings. The average molecular weight is 495 g/mol. The number of phenols is 1. The van der Waals surface area contributed by atoms with Gasteiger partial charge in [-0.15, -0.1) is 10.2 Å². The first kappa shape index (κ1) is 22.3. The number of hydrogen-bond acceptors (Lipinski definition) is 9. The fourth-order valence-electron chi connectivity index (χ4n) is 6.53. The van der Waals surface area contributed by atoms with Crippen molar-refractivity contribution in [3.05, 3.63) is 48.4 Å². The highest BCUT2D eigenvalue weighted by atomic mass is 16.3. The number of aromatic nitrogens is 4. The van der Waals surface area contributed by atoms with Crippen LogP contribution in [0.4, 0.5) is 17.3 Å². The molecule has 1 saturated carbocycles. The standard InChI is InChI=1S/C28H30N8O/c29-28-24(14-23(32-33-28)22-4-1-2-5-25(22)37)36-19-7-8-20(36)17-35(16-19)27-9-10-30-26(31-27)6-3-11-34-15-18-12-21(34)13-18/h1-2,4-5,9-10,14,18-21,37H,7-8,11-13,15-17H2,(H2,29,33)/t18?,19-,20+,21?. The summed E-state index contributed by atoms with van der Waals surface area (Å²) in [5.41, 5.74) is 8.48. The summed E-state index contributed by atoms with van der Waals surface area (Å²) >= 11 is 0. The van der Waals surface area contributed by atoms with Crippen LogP contribution in [0, 0.1) is 17.8 Å². The van der Waals surface area contributed by atoms with Crippen LogP contribution in [0.25, 0.3) is 11.3 Å². The van der Waals surface area contributed by atoms with Crippen LogP contribution in [0.3, 0.4) is 0 Å². The lowest BCUT2D eigenvalue weighted by Crippen LogP contribution is -2.54. The number of aromatic hydroxyl groups is 1. The SMILES string of the molecule is Nc1nnc(-c2ccccc2O)cc1N1[C@@H]2CC[C@H]1CN(c1ccnc(C#CCN3CC4CC3C4)n1)C2. The first-order chi connectivity index (χ1) is 18.1. The van der Waals surface area contributed by atoms with E-state index in [-0.39, 0.29) is 17.8 Å². The third-order valence-corrected chi connectivity index (χ3v) is 8.41. The van der Waals surface area contributed by atoms with Gasteiger partial charge in [-0.2, -0.15) is 0 Å². The third-order valence-electron chi connectivity index (χ3n) is 8.41. The van der Waals surface area contributed by atoms with Crippen molar-refractivity contribution in [2.45, 2.75) is 43.8 Å². The first-order valence-electron chi connectivity index (χ1n) is 13.1. The zero-order chi connectivity index (χ0) is 24.9. The summed E-state index contributed by atoms with van der Waals surface area (Å²) in [5, 5.41) is 18.8. The third kappa shape index (κ3) is 4.02. The molecule has 9 heteroatoms. The van der Waals surface area contributed by atoms with Crippen molar-refractivity contribution in [1.82, 2.24) is 25.1 Å². The molecule has 2 aromatic heterocycles. The Kier molecular flexibility index (Phi) is 5.36. The average Bonchev–Trinajstić information content (AvgIpc) is 3.55. The summed E-state index contributed by atoms with van der Waals surface area (Å²) in [6.07, 6.45) is 6.66. The highest BCUT2D eigenvalue weighted by Crippen LogP contribution is 2.41. The van der Waals surface area contributed by atoms with Crippen molar-refractivity contribution in [2.24, 2.45) is 5.92 Å². The van der Waals surface area contributed by atoms with Crippen LogP contribution in [-0.2, 0) is 0 Å². The van der Waals surface area contributed by atoms with E-state index in [9.17, 15) is 5.11 Å². The molecule has 37 heavy (non-hydrogen) atoms. The summed E-state index contributed by atoms with van der Waals surface area (Å²) in [6, 6.07) is 12.4. The molecule has 2 atom stereocenters. The number of anilines is 3. The maximum atomic E-state index is 10.3. The van der Waals surface area contributed by atoms with Gasteiger partial charge >= 0.3 is 0 Å². The van der Waals surface area contributed by atoms with Gasteiger partial charge in [0.05, 0.1) is 17.9 Å². The fraction of sp³-hybridized carbons (Fsp3) is 0.429. The largest absolute Gasteiger partial charge is 0.507 e. The Balaban J connectivity index is 1.09. The number of benzene rings is 1. The molecule has 4 saturated heterocycles. The lowest BCUT2D eigenvalue weighted by molar-refractivity contribution is 0.268.